The highest BCUT2D eigenvalue weighted by Crippen LogP contribution is 2.11. The number of amides is 1. The van der Waals surface area contributed by atoms with Crippen molar-refractivity contribution < 1.29 is 4.79 Å². The molecule has 5 nitrogen and oxygen atoms in total. The molecule has 1 saturated heterocycles. The Balaban J connectivity index is 1.84. The fourth-order valence-electron chi connectivity index (χ4n) is 2.20. The number of rotatable bonds is 4. The van der Waals surface area contributed by atoms with Gasteiger partial charge in [0.05, 0.1) is 5.56 Å². The van der Waals surface area contributed by atoms with E-state index in [9.17, 15) is 4.79 Å². The summed E-state index contributed by atoms with van der Waals surface area (Å²) in [6.45, 7) is 5.61. The molecule has 0 atom stereocenters. The lowest BCUT2D eigenvalue weighted by Gasteiger charge is -2.35. The molecule has 1 fully saturated rings. The largest absolute Gasteiger partial charge is 0.336 e. The Kier molecular flexibility index (Phi) is 5.51. The van der Waals surface area contributed by atoms with Crippen LogP contribution in [-0.2, 0) is 0 Å². The molecule has 0 bridgehead atoms. The van der Waals surface area contributed by atoms with Gasteiger partial charge in [-0.3, -0.25) is 9.69 Å². The molecule has 110 valence electrons. The highest BCUT2D eigenvalue weighted by molar-refractivity contribution is 9.10. The van der Waals surface area contributed by atoms with Gasteiger partial charge in [-0.15, -0.1) is 0 Å². The van der Waals surface area contributed by atoms with Crippen LogP contribution in [0.4, 0.5) is 0 Å². The Morgan fingerprint density at radius 1 is 1.30 bits per heavy atom. The summed E-state index contributed by atoms with van der Waals surface area (Å²) in [5.41, 5.74) is 0.662. The summed E-state index contributed by atoms with van der Waals surface area (Å²) in [6, 6.07) is 3.62. The zero-order chi connectivity index (χ0) is 14.5. The first-order valence-electron chi connectivity index (χ1n) is 6.84. The SMILES string of the molecule is CN(C)CCN1CCN(C(=O)c2ccc(Br)nc2)CC1. The molecule has 0 spiro atoms. The van der Waals surface area contributed by atoms with Crippen LogP contribution in [0.1, 0.15) is 10.4 Å². The minimum absolute atomic E-state index is 0.0808. The molecule has 2 rings (SSSR count). The van der Waals surface area contributed by atoms with Crippen molar-refractivity contribution in [2.75, 3.05) is 53.4 Å². The van der Waals surface area contributed by atoms with Crippen molar-refractivity contribution >= 4 is 21.8 Å². The second kappa shape index (κ2) is 7.15. The minimum atomic E-state index is 0.0808. The lowest BCUT2D eigenvalue weighted by atomic mass is 10.2. The van der Waals surface area contributed by atoms with E-state index in [2.05, 4.69) is 44.8 Å². The van der Waals surface area contributed by atoms with Crippen LogP contribution >= 0.6 is 15.9 Å². The number of hydrogen-bond donors (Lipinski definition) is 0. The van der Waals surface area contributed by atoms with E-state index in [4.69, 9.17) is 0 Å². The molecule has 2 heterocycles. The van der Waals surface area contributed by atoms with Gasteiger partial charge in [-0.25, -0.2) is 4.98 Å². The first-order valence-corrected chi connectivity index (χ1v) is 7.63. The van der Waals surface area contributed by atoms with E-state index < -0.39 is 0 Å². The molecule has 1 aliphatic rings. The molecule has 0 saturated carbocycles. The van der Waals surface area contributed by atoms with Crippen molar-refractivity contribution in [2.24, 2.45) is 0 Å². The maximum Gasteiger partial charge on any atom is 0.255 e. The van der Waals surface area contributed by atoms with Crippen LogP contribution in [0.15, 0.2) is 22.9 Å². The fourth-order valence-corrected chi connectivity index (χ4v) is 2.44. The monoisotopic (exact) mass is 340 g/mol. The maximum absolute atomic E-state index is 12.3. The van der Waals surface area contributed by atoms with Crippen molar-refractivity contribution in [3.63, 3.8) is 0 Å². The number of carbonyl (C=O) groups excluding carboxylic acids is 1. The van der Waals surface area contributed by atoms with Crippen LogP contribution in [0.2, 0.25) is 0 Å². The van der Waals surface area contributed by atoms with Gasteiger partial charge in [0.1, 0.15) is 4.60 Å². The van der Waals surface area contributed by atoms with Crippen LogP contribution in [0.3, 0.4) is 0 Å². The fraction of sp³-hybridized carbons (Fsp3) is 0.571. The summed E-state index contributed by atoms with van der Waals surface area (Å²) in [4.78, 5) is 22.9. The van der Waals surface area contributed by atoms with Gasteiger partial charge in [0.2, 0.25) is 0 Å². The summed E-state index contributed by atoms with van der Waals surface area (Å²) < 4.78 is 0.752. The van der Waals surface area contributed by atoms with Crippen molar-refractivity contribution in [3.8, 4) is 0 Å². The quantitative estimate of drug-likeness (QED) is 0.771. The van der Waals surface area contributed by atoms with E-state index in [1.54, 1.807) is 12.3 Å². The van der Waals surface area contributed by atoms with Crippen molar-refractivity contribution in [3.05, 3.63) is 28.5 Å². The average molecular weight is 341 g/mol. The molecule has 0 unspecified atom stereocenters. The normalized spacial score (nSPS) is 16.7. The summed E-state index contributed by atoms with van der Waals surface area (Å²) in [5.74, 6) is 0.0808. The number of aromatic nitrogens is 1. The minimum Gasteiger partial charge on any atom is -0.336 e. The predicted molar refractivity (Wildman–Crippen MR) is 82.8 cm³/mol. The summed E-state index contributed by atoms with van der Waals surface area (Å²) >= 11 is 3.28. The number of pyridine rings is 1. The van der Waals surface area contributed by atoms with Gasteiger partial charge in [0.25, 0.3) is 5.91 Å². The molecular formula is C14H21BrN4O. The van der Waals surface area contributed by atoms with Crippen LogP contribution in [0.25, 0.3) is 0 Å². The van der Waals surface area contributed by atoms with E-state index in [1.807, 2.05) is 11.0 Å². The van der Waals surface area contributed by atoms with Crippen LogP contribution in [-0.4, -0.2) is 79.0 Å². The second-order valence-corrected chi connectivity index (χ2v) is 6.12. The molecule has 0 aromatic carbocycles. The predicted octanol–water partition coefficient (Wildman–Crippen LogP) is 1.16. The van der Waals surface area contributed by atoms with Gasteiger partial charge in [0, 0.05) is 45.5 Å². The molecule has 1 aliphatic heterocycles. The number of piperazine rings is 1. The maximum atomic E-state index is 12.3. The Labute approximate surface area is 128 Å². The lowest BCUT2D eigenvalue weighted by molar-refractivity contribution is 0.0629. The molecule has 1 amide bonds. The molecule has 6 heteroatoms. The third-order valence-corrected chi connectivity index (χ3v) is 3.97. The first-order chi connectivity index (χ1) is 9.56. The number of nitrogens with zero attached hydrogens (tertiary/aromatic N) is 4. The van der Waals surface area contributed by atoms with Gasteiger partial charge in [0.15, 0.2) is 0 Å². The van der Waals surface area contributed by atoms with Gasteiger partial charge >= 0.3 is 0 Å². The number of likely N-dealkylation sites (N-methyl/N-ethyl adjacent to an activating group) is 1. The topological polar surface area (TPSA) is 39.7 Å². The molecule has 0 radical (unpaired) electrons. The Bertz CT molecular complexity index is 441. The smallest absolute Gasteiger partial charge is 0.255 e. The lowest BCUT2D eigenvalue weighted by Crippen LogP contribution is -2.50. The van der Waals surface area contributed by atoms with Gasteiger partial charge in [-0.1, -0.05) is 0 Å². The molecule has 1 aromatic heterocycles. The third kappa shape index (κ3) is 4.26. The summed E-state index contributed by atoms with van der Waals surface area (Å²) in [5, 5.41) is 0. The zero-order valence-corrected chi connectivity index (χ0v) is 13.6. The van der Waals surface area contributed by atoms with Crippen molar-refractivity contribution in [1.82, 2.24) is 19.7 Å². The average Bonchev–Trinajstić information content (AvgIpc) is 2.46. The standard InChI is InChI=1S/C14H21BrN4O/c1-17(2)5-6-18-7-9-19(10-8-18)14(20)12-3-4-13(15)16-11-12/h3-4,11H,5-10H2,1-2H3. The molecule has 1 aromatic rings. The number of carbonyl (C=O) groups is 1. The van der Waals surface area contributed by atoms with E-state index in [0.717, 1.165) is 43.9 Å². The van der Waals surface area contributed by atoms with Gasteiger partial charge in [-0.05, 0) is 42.2 Å². The molecular weight excluding hydrogens is 320 g/mol. The Morgan fingerprint density at radius 2 is 2.00 bits per heavy atom. The van der Waals surface area contributed by atoms with E-state index in [1.165, 1.54) is 0 Å². The van der Waals surface area contributed by atoms with E-state index in [0.29, 0.717) is 5.56 Å². The molecule has 20 heavy (non-hydrogen) atoms. The second-order valence-electron chi connectivity index (χ2n) is 5.31. The number of hydrogen-bond acceptors (Lipinski definition) is 4. The first kappa shape index (κ1) is 15.4. The van der Waals surface area contributed by atoms with Crippen molar-refractivity contribution in [2.45, 2.75) is 0 Å². The highest BCUT2D eigenvalue weighted by Gasteiger charge is 2.22. The zero-order valence-electron chi connectivity index (χ0n) is 12.0. The van der Waals surface area contributed by atoms with E-state index in [-0.39, 0.29) is 5.91 Å². The highest BCUT2D eigenvalue weighted by atomic mass is 79.9. The molecule has 0 N–H and O–H groups in total. The third-order valence-electron chi connectivity index (χ3n) is 3.50. The van der Waals surface area contributed by atoms with Crippen molar-refractivity contribution in [1.29, 1.82) is 0 Å². The van der Waals surface area contributed by atoms with Crippen LogP contribution in [0.5, 0.6) is 0 Å². The Hall–Kier alpha value is -0.980. The Morgan fingerprint density at radius 3 is 2.55 bits per heavy atom. The summed E-state index contributed by atoms with van der Waals surface area (Å²) in [7, 11) is 4.17. The summed E-state index contributed by atoms with van der Waals surface area (Å²) in [6.07, 6.45) is 1.63. The van der Waals surface area contributed by atoms with Gasteiger partial charge < -0.3 is 9.80 Å². The molecule has 0 aliphatic carbocycles. The van der Waals surface area contributed by atoms with Gasteiger partial charge in [-0.2, -0.15) is 0 Å². The van der Waals surface area contributed by atoms with E-state index >= 15 is 0 Å². The number of halogens is 1. The van der Waals surface area contributed by atoms with Crippen LogP contribution < -0.4 is 0 Å². The van der Waals surface area contributed by atoms with Crippen LogP contribution in [0, 0.1) is 0 Å².